The van der Waals surface area contributed by atoms with Crippen LogP contribution in [0.2, 0.25) is 0 Å². The molecule has 2 nitrogen and oxygen atoms in total. The van der Waals surface area contributed by atoms with E-state index in [9.17, 15) is 0 Å². The summed E-state index contributed by atoms with van der Waals surface area (Å²) in [5.74, 6) is 13.5. The number of rotatable bonds is 14. The smallest absolute Gasteiger partial charge is 0.113 e. The molecule has 0 N–H and O–H groups in total. The van der Waals surface area contributed by atoms with Crippen LogP contribution in [0.1, 0.15) is 137 Å². The molecule has 4 aromatic rings. The van der Waals surface area contributed by atoms with Crippen LogP contribution in [0, 0.1) is 23.7 Å². The molecule has 45 heavy (non-hydrogen) atoms. The van der Waals surface area contributed by atoms with Gasteiger partial charge in [0, 0.05) is 28.9 Å². The molecule has 2 aromatic heterocycles. The average Bonchev–Trinajstić information content (AvgIpc) is 3.35. The molecule has 2 aromatic carbocycles. The van der Waals surface area contributed by atoms with E-state index < -0.39 is 0 Å². The Labute approximate surface area is 272 Å². The van der Waals surface area contributed by atoms with E-state index in [-0.39, 0.29) is 5.41 Å². The van der Waals surface area contributed by atoms with Gasteiger partial charge in [-0.15, -0.1) is 0 Å². The van der Waals surface area contributed by atoms with E-state index in [0.29, 0.717) is 0 Å². The van der Waals surface area contributed by atoms with Crippen molar-refractivity contribution in [2.45, 2.75) is 109 Å². The van der Waals surface area contributed by atoms with Crippen LogP contribution in [0.15, 0.2) is 85.2 Å². The Hall–Kier alpha value is -4.14. The number of aromatic nitrogens is 2. The predicted molar refractivity (Wildman–Crippen MR) is 189 cm³/mol. The third kappa shape index (κ3) is 8.53. The molecule has 0 aliphatic heterocycles. The average molecular weight is 593 g/mol. The number of hydrogen-bond acceptors (Lipinski definition) is 2. The lowest BCUT2D eigenvalue weighted by atomic mass is 9.70. The lowest BCUT2D eigenvalue weighted by Gasteiger charge is -2.33. The SMILES string of the molecule is CCCCCCCCC1(CCCCCCCC)c2cc(C#Cc3ccccn3)ccc2-c2ccc(C#Cc3ccccn3)cc21. The van der Waals surface area contributed by atoms with E-state index in [1.807, 2.05) is 48.8 Å². The summed E-state index contributed by atoms with van der Waals surface area (Å²) in [6.45, 7) is 4.59. The molecule has 0 fully saturated rings. The van der Waals surface area contributed by atoms with Crippen LogP contribution >= 0.6 is 0 Å². The van der Waals surface area contributed by atoms with Crippen LogP contribution in [-0.4, -0.2) is 9.97 Å². The molecule has 0 unspecified atom stereocenters. The van der Waals surface area contributed by atoms with Gasteiger partial charge in [0.15, 0.2) is 0 Å². The van der Waals surface area contributed by atoms with Crippen molar-refractivity contribution in [2.24, 2.45) is 0 Å². The van der Waals surface area contributed by atoms with Crippen molar-refractivity contribution < 1.29 is 0 Å². The van der Waals surface area contributed by atoms with Gasteiger partial charge in [0.25, 0.3) is 0 Å². The van der Waals surface area contributed by atoms with Gasteiger partial charge >= 0.3 is 0 Å². The second kappa shape index (κ2) is 16.8. The van der Waals surface area contributed by atoms with Gasteiger partial charge in [-0.2, -0.15) is 0 Å². The van der Waals surface area contributed by atoms with Gasteiger partial charge in [-0.05, 0) is 95.5 Å². The zero-order chi connectivity index (χ0) is 31.2. The quantitative estimate of drug-likeness (QED) is 0.107. The first-order valence-corrected chi connectivity index (χ1v) is 17.4. The maximum absolute atomic E-state index is 4.43. The summed E-state index contributed by atoms with van der Waals surface area (Å²) in [6.07, 6.45) is 21.6. The van der Waals surface area contributed by atoms with Crippen molar-refractivity contribution in [3.63, 3.8) is 0 Å². The molecule has 2 heteroatoms. The molecular formula is C43H48N2. The first-order valence-electron chi connectivity index (χ1n) is 17.4. The molecule has 5 rings (SSSR count). The van der Waals surface area contributed by atoms with Gasteiger partial charge in [-0.3, -0.25) is 0 Å². The van der Waals surface area contributed by atoms with E-state index >= 15 is 0 Å². The predicted octanol–water partition coefficient (Wildman–Crippen LogP) is 11.0. The largest absolute Gasteiger partial charge is 0.248 e. The standard InChI is InChI=1S/C43H48N2/c1-3-5-7-9-11-15-29-43(30-16-12-10-8-6-4-2)41-33-35(21-25-37-19-13-17-31-44-37)23-27-39(41)40-28-24-36(34-42(40)43)22-26-38-20-14-18-32-45-38/h13-14,17-20,23-24,27-28,31-34H,3-12,15-16,29-30H2,1-2H3. The van der Waals surface area contributed by atoms with Crippen LogP contribution in [0.25, 0.3) is 11.1 Å². The Bertz CT molecular complexity index is 1500. The van der Waals surface area contributed by atoms with E-state index in [2.05, 4.69) is 83.9 Å². The maximum Gasteiger partial charge on any atom is 0.113 e. The highest BCUT2D eigenvalue weighted by molar-refractivity contribution is 5.82. The van der Waals surface area contributed by atoms with Crippen molar-refractivity contribution >= 4 is 0 Å². The van der Waals surface area contributed by atoms with Crippen LogP contribution < -0.4 is 0 Å². The second-order valence-corrected chi connectivity index (χ2v) is 12.6. The van der Waals surface area contributed by atoms with Crippen molar-refractivity contribution in [2.75, 3.05) is 0 Å². The van der Waals surface area contributed by atoms with Crippen LogP contribution in [0.3, 0.4) is 0 Å². The molecule has 1 aliphatic carbocycles. The topological polar surface area (TPSA) is 25.8 Å². The highest BCUT2D eigenvalue weighted by atomic mass is 14.6. The number of benzene rings is 2. The maximum atomic E-state index is 4.43. The normalized spacial score (nSPS) is 12.4. The fourth-order valence-electron chi connectivity index (χ4n) is 6.87. The van der Waals surface area contributed by atoms with Crippen molar-refractivity contribution in [1.82, 2.24) is 9.97 Å². The lowest BCUT2D eigenvalue weighted by molar-refractivity contribution is 0.397. The minimum Gasteiger partial charge on any atom is -0.248 e. The molecule has 1 aliphatic rings. The summed E-state index contributed by atoms with van der Waals surface area (Å²) in [7, 11) is 0. The monoisotopic (exact) mass is 592 g/mol. The van der Waals surface area contributed by atoms with Crippen LogP contribution in [-0.2, 0) is 5.41 Å². The van der Waals surface area contributed by atoms with Crippen LogP contribution in [0.5, 0.6) is 0 Å². The van der Waals surface area contributed by atoms with Gasteiger partial charge in [-0.1, -0.05) is 127 Å². The van der Waals surface area contributed by atoms with Crippen LogP contribution in [0.4, 0.5) is 0 Å². The molecule has 0 saturated heterocycles. The number of unbranched alkanes of at least 4 members (excludes halogenated alkanes) is 10. The van der Waals surface area contributed by atoms with E-state index in [1.165, 1.54) is 112 Å². The molecule has 230 valence electrons. The Morgan fingerprint density at radius 3 is 1.36 bits per heavy atom. The van der Waals surface area contributed by atoms with Crippen molar-refractivity contribution in [3.05, 3.63) is 119 Å². The molecule has 0 spiro atoms. The molecule has 0 atom stereocenters. The zero-order valence-electron chi connectivity index (χ0n) is 27.4. The molecule has 0 amide bonds. The summed E-state index contributed by atoms with van der Waals surface area (Å²) in [5.41, 5.74) is 9.39. The van der Waals surface area contributed by atoms with Crippen molar-refractivity contribution in [1.29, 1.82) is 0 Å². The van der Waals surface area contributed by atoms with Gasteiger partial charge < -0.3 is 0 Å². The molecule has 0 bridgehead atoms. The number of pyridine rings is 2. The summed E-state index contributed by atoms with van der Waals surface area (Å²) in [6, 6.07) is 25.6. The Kier molecular flexibility index (Phi) is 12.0. The third-order valence-electron chi connectivity index (χ3n) is 9.27. The second-order valence-electron chi connectivity index (χ2n) is 12.6. The highest BCUT2D eigenvalue weighted by Gasteiger charge is 2.42. The highest BCUT2D eigenvalue weighted by Crippen LogP contribution is 2.54. The van der Waals surface area contributed by atoms with Gasteiger partial charge in [0.2, 0.25) is 0 Å². The molecule has 0 radical (unpaired) electrons. The number of nitrogens with zero attached hydrogens (tertiary/aromatic N) is 2. The summed E-state index contributed by atoms with van der Waals surface area (Å²) in [4.78, 5) is 8.86. The summed E-state index contributed by atoms with van der Waals surface area (Å²) >= 11 is 0. The Morgan fingerprint density at radius 1 is 0.489 bits per heavy atom. The Morgan fingerprint density at radius 2 is 0.933 bits per heavy atom. The fraction of sp³-hybridized carbons (Fsp3) is 0.395. The van der Waals surface area contributed by atoms with Gasteiger partial charge in [-0.25, -0.2) is 9.97 Å². The third-order valence-corrected chi connectivity index (χ3v) is 9.27. The fourth-order valence-corrected chi connectivity index (χ4v) is 6.87. The summed E-state index contributed by atoms with van der Waals surface area (Å²) < 4.78 is 0. The van der Waals surface area contributed by atoms with E-state index in [1.54, 1.807) is 0 Å². The number of fused-ring (bicyclic) bond motifs is 3. The molecule has 0 saturated carbocycles. The minimum absolute atomic E-state index is 0.0223. The van der Waals surface area contributed by atoms with E-state index in [4.69, 9.17) is 0 Å². The zero-order valence-corrected chi connectivity index (χ0v) is 27.4. The first-order chi connectivity index (χ1) is 22.2. The van der Waals surface area contributed by atoms with E-state index in [0.717, 1.165) is 22.5 Å². The lowest BCUT2D eigenvalue weighted by Crippen LogP contribution is -2.26. The van der Waals surface area contributed by atoms with Gasteiger partial charge in [0.05, 0.1) is 0 Å². The minimum atomic E-state index is -0.0223. The molecular weight excluding hydrogens is 544 g/mol. The van der Waals surface area contributed by atoms with Gasteiger partial charge in [0.1, 0.15) is 11.4 Å². The first kappa shape index (κ1) is 32.3. The number of hydrogen-bond donors (Lipinski definition) is 0. The Balaban J connectivity index is 1.53. The summed E-state index contributed by atoms with van der Waals surface area (Å²) in [5, 5.41) is 0. The van der Waals surface area contributed by atoms with Crippen molar-refractivity contribution in [3.8, 4) is 34.8 Å². The molecule has 2 heterocycles.